The maximum Gasteiger partial charge on any atom is 0.167 e. The largest absolute Gasteiger partial charge is 0.507 e. The van der Waals surface area contributed by atoms with Crippen LogP contribution in [0.2, 0.25) is 0 Å². The van der Waals surface area contributed by atoms with Gasteiger partial charge >= 0.3 is 0 Å². The van der Waals surface area contributed by atoms with Crippen LogP contribution >= 0.6 is 11.6 Å². The number of aromatic hydroxyl groups is 1. The van der Waals surface area contributed by atoms with Crippen molar-refractivity contribution in [2.75, 3.05) is 5.88 Å². The number of alkyl halides is 1. The fraction of sp³-hybridized carbons (Fsp3) is 0.364. The monoisotopic (exact) mass is 212 g/mol. The van der Waals surface area contributed by atoms with Crippen molar-refractivity contribution in [3.8, 4) is 5.75 Å². The quantitative estimate of drug-likeness (QED) is 0.618. The maximum atomic E-state index is 11.5. The molecule has 0 aromatic heterocycles. The normalized spacial score (nSPS) is 10.2. The van der Waals surface area contributed by atoms with Crippen LogP contribution in [0.1, 0.15) is 27.9 Å². The highest BCUT2D eigenvalue weighted by atomic mass is 35.5. The van der Waals surface area contributed by atoms with E-state index in [1.54, 1.807) is 13.0 Å². The van der Waals surface area contributed by atoms with Crippen LogP contribution in [0.15, 0.2) is 12.1 Å². The topological polar surface area (TPSA) is 37.3 Å². The molecule has 0 heterocycles. The lowest BCUT2D eigenvalue weighted by atomic mass is 10.0. The number of rotatable bonds is 3. The molecule has 1 aromatic carbocycles. The first kappa shape index (κ1) is 11.1. The highest BCUT2D eigenvalue weighted by Gasteiger charge is 2.12. The Bertz CT molecular complexity index is 359. The van der Waals surface area contributed by atoms with Gasteiger partial charge in [0.05, 0.1) is 5.56 Å². The lowest BCUT2D eigenvalue weighted by Gasteiger charge is -2.07. The molecule has 1 N–H and O–H groups in total. The van der Waals surface area contributed by atoms with E-state index in [-0.39, 0.29) is 23.8 Å². The summed E-state index contributed by atoms with van der Waals surface area (Å²) in [5.74, 6) is 0.251. The van der Waals surface area contributed by atoms with E-state index in [1.165, 1.54) is 0 Å². The molecule has 0 amide bonds. The molecular formula is C11H13ClO2. The molecule has 0 saturated heterocycles. The van der Waals surface area contributed by atoms with Crippen molar-refractivity contribution in [3.63, 3.8) is 0 Å². The Morgan fingerprint density at radius 2 is 2.07 bits per heavy atom. The summed E-state index contributed by atoms with van der Waals surface area (Å²) in [4.78, 5) is 11.5. The van der Waals surface area contributed by atoms with E-state index in [9.17, 15) is 9.90 Å². The molecule has 76 valence electrons. The van der Waals surface area contributed by atoms with E-state index in [0.717, 1.165) is 11.1 Å². The van der Waals surface area contributed by atoms with Crippen molar-refractivity contribution in [2.45, 2.75) is 20.3 Å². The molecule has 0 unspecified atom stereocenters. The lowest BCUT2D eigenvalue weighted by Crippen LogP contribution is -2.01. The van der Waals surface area contributed by atoms with Gasteiger partial charge in [0.2, 0.25) is 0 Å². The molecule has 1 aromatic rings. The zero-order chi connectivity index (χ0) is 10.7. The van der Waals surface area contributed by atoms with Gasteiger partial charge in [-0.05, 0) is 31.0 Å². The molecule has 0 aliphatic heterocycles. The number of halogens is 1. The van der Waals surface area contributed by atoms with Crippen LogP contribution in [-0.4, -0.2) is 16.8 Å². The predicted molar refractivity (Wildman–Crippen MR) is 57.2 cm³/mol. The van der Waals surface area contributed by atoms with Crippen LogP contribution < -0.4 is 0 Å². The molecule has 0 radical (unpaired) electrons. The summed E-state index contributed by atoms with van der Waals surface area (Å²) >= 11 is 5.48. The zero-order valence-corrected chi connectivity index (χ0v) is 9.06. The van der Waals surface area contributed by atoms with Crippen molar-refractivity contribution in [1.29, 1.82) is 0 Å². The average Bonchev–Trinajstić information content (AvgIpc) is 2.11. The van der Waals surface area contributed by atoms with Crippen LogP contribution in [0.5, 0.6) is 5.75 Å². The third kappa shape index (κ3) is 2.26. The summed E-state index contributed by atoms with van der Waals surface area (Å²) in [5, 5.41) is 9.66. The molecule has 14 heavy (non-hydrogen) atoms. The molecule has 0 aliphatic carbocycles. The van der Waals surface area contributed by atoms with Crippen molar-refractivity contribution in [3.05, 3.63) is 28.8 Å². The fourth-order valence-electron chi connectivity index (χ4n) is 1.39. The van der Waals surface area contributed by atoms with E-state index in [2.05, 4.69) is 0 Å². The van der Waals surface area contributed by atoms with E-state index in [0.29, 0.717) is 5.56 Å². The number of phenols is 1. The summed E-state index contributed by atoms with van der Waals surface area (Å²) in [5.41, 5.74) is 2.07. The number of aryl methyl sites for hydroxylation is 2. The number of ketones is 1. The number of carbonyl (C=O) groups is 1. The van der Waals surface area contributed by atoms with Crippen LogP contribution in [-0.2, 0) is 0 Å². The van der Waals surface area contributed by atoms with Crippen molar-refractivity contribution in [2.24, 2.45) is 0 Å². The van der Waals surface area contributed by atoms with Gasteiger partial charge in [0, 0.05) is 12.3 Å². The van der Waals surface area contributed by atoms with Gasteiger partial charge in [-0.15, -0.1) is 11.6 Å². The second-order valence-corrected chi connectivity index (χ2v) is 3.72. The van der Waals surface area contributed by atoms with Crippen molar-refractivity contribution >= 4 is 17.4 Å². The second-order valence-electron chi connectivity index (χ2n) is 3.34. The maximum absolute atomic E-state index is 11.5. The number of hydrogen-bond donors (Lipinski definition) is 1. The van der Waals surface area contributed by atoms with Gasteiger partial charge in [0.1, 0.15) is 5.75 Å². The predicted octanol–water partition coefficient (Wildman–Crippen LogP) is 2.82. The molecule has 0 saturated carbocycles. The summed E-state index contributed by atoms with van der Waals surface area (Å²) in [6, 6.07) is 3.53. The molecule has 0 atom stereocenters. The van der Waals surface area contributed by atoms with Crippen LogP contribution in [0.25, 0.3) is 0 Å². The van der Waals surface area contributed by atoms with E-state index >= 15 is 0 Å². The zero-order valence-electron chi connectivity index (χ0n) is 8.30. The average molecular weight is 213 g/mol. The Balaban J connectivity index is 3.13. The molecule has 0 bridgehead atoms. The Kier molecular flexibility index (Phi) is 3.53. The Morgan fingerprint density at radius 1 is 1.43 bits per heavy atom. The first-order chi connectivity index (χ1) is 6.56. The van der Waals surface area contributed by atoms with Crippen LogP contribution in [0, 0.1) is 13.8 Å². The fourth-order valence-corrected chi connectivity index (χ4v) is 1.56. The van der Waals surface area contributed by atoms with Gasteiger partial charge in [-0.3, -0.25) is 4.79 Å². The number of phenolic OH excluding ortho intramolecular Hbond substituents is 1. The van der Waals surface area contributed by atoms with Gasteiger partial charge in [-0.2, -0.15) is 0 Å². The number of Topliss-reactive ketones (excluding diaryl/α,β-unsaturated/α-hetero) is 1. The van der Waals surface area contributed by atoms with Gasteiger partial charge in [0.25, 0.3) is 0 Å². The van der Waals surface area contributed by atoms with Gasteiger partial charge in [-0.25, -0.2) is 0 Å². The van der Waals surface area contributed by atoms with E-state index < -0.39 is 0 Å². The summed E-state index contributed by atoms with van der Waals surface area (Å²) < 4.78 is 0. The second kappa shape index (κ2) is 4.47. The molecule has 3 heteroatoms. The first-order valence-corrected chi connectivity index (χ1v) is 4.99. The number of benzene rings is 1. The van der Waals surface area contributed by atoms with Crippen molar-refractivity contribution in [1.82, 2.24) is 0 Å². The summed E-state index contributed by atoms with van der Waals surface area (Å²) in [7, 11) is 0. The highest BCUT2D eigenvalue weighted by molar-refractivity contribution is 6.19. The van der Waals surface area contributed by atoms with Gasteiger partial charge in [-0.1, -0.05) is 6.07 Å². The van der Waals surface area contributed by atoms with Gasteiger partial charge in [0.15, 0.2) is 5.78 Å². The summed E-state index contributed by atoms with van der Waals surface area (Å²) in [6.45, 7) is 3.67. The minimum absolute atomic E-state index is 0.0747. The SMILES string of the molecule is Cc1cc(C)c(O)c(C(=O)CCCl)c1. The molecular weight excluding hydrogens is 200 g/mol. The van der Waals surface area contributed by atoms with E-state index in [4.69, 9.17) is 11.6 Å². The summed E-state index contributed by atoms with van der Waals surface area (Å²) in [6.07, 6.45) is 0.262. The van der Waals surface area contributed by atoms with E-state index in [1.807, 2.05) is 13.0 Å². The minimum Gasteiger partial charge on any atom is -0.507 e. The van der Waals surface area contributed by atoms with Crippen molar-refractivity contribution < 1.29 is 9.90 Å². The highest BCUT2D eigenvalue weighted by Crippen LogP contribution is 2.24. The molecule has 1 rings (SSSR count). The van der Waals surface area contributed by atoms with Crippen LogP contribution in [0.4, 0.5) is 0 Å². The first-order valence-electron chi connectivity index (χ1n) is 4.45. The Morgan fingerprint density at radius 3 is 2.64 bits per heavy atom. The third-order valence-corrected chi connectivity index (χ3v) is 2.26. The Labute approximate surface area is 88.5 Å². The Hall–Kier alpha value is -1.02. The number of carbonyl (C=O) groups excluding carboxylic acids is 1. The standard InChI is InChI=1S/C11H13ClO2/c1-7-5-8(2)11(14)9(6-7)10(13)3-4-12/h5-6,14H,3-4H2,1-2H3. The smallest absolute Gasteiger partial charge is 0.167 e. The van der Waals surface area contributed by atoms with Gasteiger partial charge < -0.3 is 5.11 Å². The lowest BCUT2D eigenvalue weighted by molar-refractivity contribution is 0.0986. The third-order valence-electron chi connectivity index (χ3n) is 2.07. The number of hydrogen-bond acceptors (Lipinski definition) is 2. The minimum atomic E-state index is -0.107. The van der Waals surface area contributed by atoms with Crippen LogP contribution in [0.3, 0.4) is 0 Å². The molecule has 0 fully saturated rings. The molecule has 2 nitrogen and oxygen atoms in total. The molecule has 0 aliphatic rings. The molecule has 0 spiro atoms.